The molecule has 1 aliphatic rings. The van der Waals surface area contributed by atoms with E-state index in [4.69, 9.17) is 0 Å². The molecule has 2 N–H and O–H groups in total. The summed E-state index contributed by atoms with van der Waals surface area (Å²) >= 11 is 0. The van der Waals surface area contributed by atoms with Crippen molar-refractivity contribution in [1.29, 1.82) is 0 Å². The SMILES string of the molecule is CS(=O)(=O)N1CCC(NC(=O)CNCC(F)(F)F)CC1. The molecule has 0 saturated carbocycles. The highest BCUT2D eigenvalue weighted by molar-refractivity contribution is 7.88. The van der Waals surface area contributed by atoms with E-state index in [-0.39, 0.29) is 6.04 Å². The highest BCUT2D eigenvalue weighted by Gasteiger charge is 2.28. The molecule has 1 rings (SSSR count). The van der Waals surface area contributed by atoms with Crippen molar-refractivity contribution in [3.63, 3.8) is 0 Å². The first-order chi connectivity index (χ1) is 9.08. The van der Waals surface area contributed by atoms with Crippen LogP contribution in [0.2, 0.25) is 0 Å². The van der Waals surface area contributed by atoms with Gasteiger partial charge >= 0.3 is 6.18 Å². The van der Waals surface area contributed by atoms with E-state index < -0.39 is 35.2 Å². The van der Waals surface area contributed by atoms with Crippen LogP contribution in [0.25, 0.3) is 0 Å². The Hall–Kier alpha value is -0.870. The molecule has 10 heteroatoms. The molecule has 0 aromatic heterocycles. The maximum absolute atomic E-state index is 11.9. The van der Waals surface area contributed by atoms with Crippen molar-refractivity contribution in [2.75, 3.05) is 32.4 Å². The number of nitrogens with zero attached hydrogens (tertiary/aromatic N) is 1. The van der Waals surface area contributed by atoms with Crippen LogP contribution < -0.4 is 10.6 Å². The second kappa shape index (κ2) is 6.72. The standard InChI is InChI=1S/C10H18F3N3O3S/c1-20(18,19)16-4-2-8(3-5-16)15-9(17)6-14-7-10(11,12)13/h8,14H,2-7H2,1H3,(H,15,17). The van der Waals surface area contributed by atoms with Gasteiger partial charge in [0.1, 0.15) is 0 Å². The van der Waals surface area contributed by atoms with Crippen LogP contribution in [0.3, 0.4) is 0 Å². The average molecular weight is 317 g/mol. The third-order valence-electron chi connectivity index (χ3n) is 2.90. The number of sulfonamides is 1. The van der Waals surface area contributed by atoms with Crippen LogP contribution in [0.5, 0.6) is 0 Å². The van der Waals surface area contributed by atoms with Gasteiger partial charge in [-0.15, -0.1) is 0 Å². The monoisotopic (exact) mass is 317 g/mol. The molecule has 1 aliphatic heterocycles. The minimum Gasteiger partial charge on any atom is -0.352 e. The Balaban J connectivity index is 2.25. The predicted octanol–water partition coefficient (Wildman–Crippen LogP) is -0.321. The van der Waals surface area contributed by atoms with Gasteiger partial charge in [-0.2, -0.15) is 13.2 Å². The zero-order chi connectivity index (χ0) is 15.4. The van der Waals surface area contributed by atoms with Crippen LogP contribution in [0.1, 0.15) is 12.8 Å². The van der Waals surface area contributed by atoms with E-state index in [1.54, 1.807) is 0 Å². The van der Waals surface area contributed by atoms with Gasteiger partial charge in [0, 0.05) is 19.1 Å². The maximum atomic E-state index is 11.9. The largest absolute Gasteiger partial charge is 0.401 e. The fraction of sp³-hybridized carbons (Fsp3) is 0.900. The molecule has 118 valence electrons. The predicted molar refractivity (Wildman–Crippen MR) is 66.5 cm³/mol. The first-order valence-electron chi connectivity index (χ1n) is 6.10. The van der Waals surface area contributed by atoms with Gasteiger partial charge in [0.05, 0.1) is 19.3 Å². The summed E-state index contributed by atoms with van der Waals surface area (Å²) in [6, 6.07) is -0.201. The van der Waals surface area contributed by atoms with Crippen LogP contribution in [0.4, 0.5) is 13.2 Å². The summed E-state index contributed by atoms with van der Waals surface area (Å²) in [5.41, 5.74) is 0. The molecule has 1 amide bonds. The lowest BCUT2D eigenvalue weighted by Crippen LogP contribution is -2.48. The fourth-order valence-electron chi connectivity index (χ4n) is 1.93. The van der Waals surface area contributed by atoms with E-state index in [1.165, 1.54) is 4.31 Å². The number of amides is 1. The van der Waals surface area contributed by atoms with Gasteiger partial charge in [-0.3, -0.25) is 4.79 Å². The molecule has 0 radical (unpaired) electrons. The summed E-state index contributed by atoms with van der Waals surface area (Å²) < 4.78 is 59.5. The molecular formula is C10H18F3N3O3S. The number of alkyl halides is 3. The number of nitrogens with one attached hydrogen (secondary N) is 2. The number of hydrogen-bond acceptors (Lipinski definition) is 4. The maximum Gasteiger partial charge on any atom is 0.401 e. The van der Waals surface area contributed by atoms with Crippen molar-refractivity contribution in [3.8, 4) is 0 Å². The van der Waals surface area contributed by atoms with E-state index in [2.05, 4.69) is 5.32 Å². The Morgan fingerprint density at radius 2 is 1.85 bits per heavy atom. The Morgan fingerprint density at radius 1 is 1.30 bits per heavy atom. The minimum atomic E-state index is -4.35. The van der Waals surface area contributed by atoms with E-state index in [1.807, 2.05) is 5.32 Å². The molecular weight excluding hydrogens is 299 g/mol. The van der Waals surface area contributed by atoms with Gasteiger partial charge in [0.15, 0.2) is 0 Å². The lowest BCUT2D eigenvalue weighted by molar-refractivity contribution is -0.128. The smallest absolute Gasteiger partial charge is 0.352 e. The topological polar surface area (TPSA) is 78.5 Å². The third kappa shape index (κ3) is 6.53. The molecule has 1 heterocycles. The van der Waals surface area contributed by atoms with Crippen LogP contribution in [0, 0.1) is 0 Å². The molecule has 0 aliphatic carbocycles. The first-order valence-corrected chi connectivity index (χ1v) is 7.95. The van der Waals surface area contributed by atoms with Crippen molar-refractivity contribution in [3.05, 3.63) is 0 Å². The van der Waals surface area contributed by atoms with Crippen LogP contribution in [-0.2, 0) is 14.8 Å². The Labute approximate surface area is 115 Å². The summed E-state index contributed by atoms with van der Waals surface area (Å²) in [5.74, 6) is -0.521. The van der Waals surface area contributed by atoms with Crippen LogP contribution >= 0.6 is 0 Å². The number of hydrogen-bond donors (Lipinski definition) is 2. The molecule has 0 unspecified atom stereocenters. The fourth-order valence-corrected chi connectivity index (χ4v) is 2.80. The van der Waals surface area contributed by atoms with E-state index in [0.717, 1.165) is 6.26 Å². The van der Waals surface area contributed by atoms with Gasteiger partial charge in [-0.05, 0) is 12.8 Å². The zero-order valence-corrected chi connectivity index (χ0v) is 11.9. The lowest BCUT2D eigenvalue weighted by atomic mass is 10.1. The quantitative estimate of drug-likeness (QED) is 0.728. The molecule has 0 bridgehead atoms. The minimum absolute atomic E-state index is 0.201. The van der Waals surface area contributed by atoms with Gasteiger partial charge in [0.2, 0.25) is 15.9 Å². The number of halogens is 3. The van der Waals surface area contributed by atoms with Gasteiger partial charge in [-0.1, -0.05) is 0 Å². The van der Waals surface area contributed by atoms with Crippen molar-refractivity contribution in [2.45, 2.75) is 25.1 Å². The molecule has 1 fully saturated rings. The Bertz CT molecular complexity index is 431. The normalized spacial score (nSPS) is 19.0. The summed E-state index contributed by atoms with van der Waals surface area (Å²) in [6.07, 6.45) is -2.32. The lowest BCUT2D eigenvalue weighted by Gasteiger charge is -2.30. The highest BCUT2D eigenvalue weighted by atomic mass is 32.2. The van der Waals surface area contributed by atoms with Crippen molar-refractivity contribution >= 4 is 15.9 Å². The number of carbonyl (C=O) groups is 1. The van der Waals surface area contributed by atoms with Crippen molar-refractivity contribution in [1.82, 2.24) is 14.9 Å². The average Bonchev–Trinajstić information content (AvgIpc) is 2.26. The first kappa shape index (κ1) is 17.2. The van der Waals surface area contributed by atoms with Gasteiger partial charge in [-0.25, -0.2) is 12.7 Å². The molecule has 0 aromatic rings. The molecule has 0 aromatic carbocycles. The summed E-state index contributed by atoms with van der Waals surface area (Å²) in [6.45, 7) is -1.02. The third-order valence-corrected chi connectivity index (χ3v) is 4.20. The molecule has 1 saturated heterocycles. The van der Waals surface area contributed by atoms with Gasteiger partial charge in [0.25, 0.3) is 0 Å². The zero-order valence-electron chi connectivity index (χ0n) is 11.0. The molecule has 6 nitrogen and oxygen atoms in total. The summed E-state index contributed by atoms with van der Waals surface area (Å²) in [4.78, 5) is 11.4. The summed E-state index contributed by atoms with van der Waals surface area (Å²) in [7, 11) is -3.23. The van der Waals surface area contributed by atoms with E-state index >= 15 is 0 Å². The Morgan fingerprint density at radius 3 is 2.30 bits per heavy atom. The molecule has 0 atom stereocenters. The second-order valence-corrected chi connectivity index (χ2v) is 6.70. The Kier molecular flexibility index (Phi) is 5.78. The summed E-state index contributed by atoms with van der Waals surface area (Å²) in [5, 5.41) is 4.59. The number of carbonyl (C=O) groups excluding carboxylic acids is 1. The number of rotatable bonds is 5. The van der Waals surface area contributed by atoms with Gasteiger partial charge < -0.3 is 10.6 Å². The highest BCUT2D eigenvalue weighted by Crippen LogP contribution is 2.13. The van der Waals surface area contributed by atoms with Crippen LogP contribution in [0.15, 0.2) is 0 Å². The van der Waals surface area contributed by atoms with Crippen LogP contribution in [-0.4, -0.2) is 63.3 Å². The number of piperidine rings is 1. The molecule has 20 heavy (non-hydrogen) atoms. The van der Waals surface area contributed by atoms with Crippen molar-refractivity contribution < 1.29 is 26.4 Å². The van der Waals surface area contributed by atoms with Crippen molar-refractivity contribution in [2.24, 2.45) is 0 Å². The molecule has 0 spiro atoms. The second-order valence-electron chi connectivity index (χ2n) is 4.72. The van der Waals surface area contributed by atoms with E-state index in [0.29, 0.717) is 25.9 Å². The van der Waals surface area contributed by atoms with E-state index in [9.17, 15) is 26.4 Å².